The van der Waals surface area contributed by atoms with E-state index in [9.17, 15) is 9.59 Å². The van der Waals surface area contributed by atoms with Crippen molar-refractivity contribution in [2.24, 2.45) is 7.05 Å². The first-order valence-corrected chi connectivity index (χ1v) is 9.15. The third-order valence-electron chi connectivity index (χ3n) is 4.83. The lowest BCUT2D eigenvalue weighted by Crippen LogP contribution is -2.36. The van der Waals surface area contributed by atoms with E-state index in [-0.39, 0.29) is 18.4 Å². The molecular formula is C20H22N4O4. The number of amides is 2. The number of hydrogen-bond acceptors (Lipinski definition) is 5. The van der Waals surface area contributed by atoms with Gasteiger partial charge in [-0.2, -0.15) is 0 Å². The highest BCUT2D eigenvalue weighted by Gasteiger charge is 2.16. The Hall–Kier alpha value is -3.26. The van der Waals surface area contributed by atoms with Gasteiger partial charge in [-0.25, -0.2) is 0 Å². The summed E-state index contributed by atoms with van der Waals surface area (Å²) in [6, 6.07) is 11.1. The molecule has 3 aromatic rings. The van der Waals surface area contributed by atoms with Gasteiger partial charge >= 0.3 is 0 Å². The molecule has 0 spiro atoms. The molecule has 4 rings (SSSR count). The number of morpholine rings is 1. The number of rotatable bonds is 5. The van der Waals surface area contributed by atoms with Crippen LogP contribution in [0.2, 0.25) is 0 Å². The largest absolute Gasteiger partial charge is 0.463 e. The average Bonchev–Trinajstić information content (AvgIpc) is 3.30. The van der Waals surface area contributed by atoms with E-state index in [4.69, 9.17) is 9.15 Å². The van der Waals surface area contributed by atoms with Gasteiger partial charge < -0.3 is 29.3 Å². The number of carbonyl (C=O) groups excluding carboxylic acids is 2. The molecule has 8 heteroatoms. The number of nitrogens with zero attached hydrogens (tertiary/aromatic N) is 2. The minimum Gasteiger partial charge on any atom is -0.463 e. The standard InChI is InChI=1S/C20H22N4O4/c1-23-16-6-9-28-18(16)12-17(23)20(26)21-13-19(25)22-14-2-4-15(5-3-14)24-7-10-27-11-8-24/h2-6,9,12H,7-8,10-11,13H2,1H3,(H,21,26)(H,22,25). The van der Waals surface area contributed by atoms with Crippen LogP contribution in [-0.2, 0) is 16.6 Å². The maximum absolute atomic E-state index is 12.3. The Bertz CT molecular complexity index is 983. The molecule has 2 aromatic heterocycles. The summed E-state index contributed by atoms with van der Waals surface area (Å²) in [6.45, 7) is 3.06. The van der Waals surface area contributed by atoms with Crippen LogP contribution in [0, 0.1) is 0 Å². The average molecular weight is 382 g/mol. The SMILES string of the molecule is Cn1c(C(=O)NCC(=O)Nc2ccc(N3CCOCC3)cc2)cc2occc21. The van der Waals surface area contributed by atoms with Crippen molar-refractivity contribution in [1.82, 2.24) is 9.88 Å². The molecule has 1 fully saturated rings. The Morgan fingerprint density at radius 1 is 1.11 bits per heavy atom. The van der Waals surface area contributed by atoms with Gasteiger partial charge in [-0.05, 0) is 24.3 Å². The Labute approximate surface area is 162 Å². The fraction of sp³-hybridized carbons (Fsp3) is 0.300. The van der Waals surface area contributed by atoms with Crippen LogP contribution in [0.15, 0.2) is 47.1 Å². The molecule has 3 heterocycles. The number of furan rings is 1. The van der Waals surface area contributed by atoms with Crippen LogP contribution in [0.4, 0.5) is 11.4 Å². The molecule has 146 valence electrons. The molecule has 28 heavy (non-hydrogen) atoms. The minimum atomic E-state index is -0.327. The van der Waals surface area contributed by atoms with E-state index in [0.717, 1.165) is 37.5 Å². The van der Waals surface area contributed by atoms with Gasteiger partial charge in [-0.1, -0.05) is 0 Å². The molecule has 2 N–H and O–H groups in total. The van der Waals surface area contributed by atoms with Crippen LogP contribution in [-0.4, -0.2) is 49.2 Å². The molecule has 0 atom stereocenters. The molecule has 8 nitrogen and oxygen atoms in total. The molecule has 0 bridgehead atoms. The molecule has 0 aliphatic carbocycles. The van der Waals surface area contributed by atoms with Gasteiger partial charge in [-0.3, -0.25) is 9.59 Å². The van der Waals surface area contributed by atoms with E-state index < -0.39 is 0 Å². The third-order valence-corrected chi connectivity index (χ3v) is 4.83. The zero-order chi connectivity index (χ0) is 19.5. The summed E-state index contributed by atoms with van der Waals surface area (Å²) >= 11 is 0. The van der Waals surface area contributed by atoms with Crippen molar-refractivity contribution in [2.45, 2.75) is 0 Å². The quantitative estimate of drug-likeness (QED) is 0.704. The first kappa shape index (κ1) is 18.1. The van der Waals surface area contributed by atoms with Crippen molar-refractivity contribution in [2.75, 3.05) is 43.1 Å². The number of aryl methyl sites for hydroxylation is 1. The summed E-state index contributed by atoms with van der Waals surface area (Å²) in [5.41, 5.74) is 3.69. The monoisotopic (exact) mass is 382 g/mol. The van der Waals surface area contributed by atoms with E-state index >= 15 is 0 Å². The number of nitrogens with one attached hydrogen (secondary N) is 2. The molecule has 0 saturated carbocycles. The van der Waals surface area contributed by atoms with Gasteiger partial charge in [0.25, 0.3) is 5.91 Å². The van der Waals surface area contributed by atoms with Crippen LogP contribution in [0.25, 0.3) is 11.1 Å². The second-order valence-electron chi connectivity index (χ2n) is 6.64. The van der Waals surface area contributed by atoms with E-state index in [1.807, 2.05) is 24.3 Å². The zero-order valence-electron chi connectivity index (χ0n) is 15.6. The van der Waals surface area contributed by atoms with Gasteiger partial charge in [-0.15, -0.1) is 0 Å². The van der Waals surface area contributed by atoms with Crippen molar-refractivity contribution in [3.8, 4) is 0 Å². The fourth-order valence-corrected chi connectivity index (χ4v) is 3.30. The van der Waals surface area contributed by atoms with Crippen LogP contribution in [0.1, 0.15) is 10.5 Å². The predicted molar refractivity (Wildman–Crippen MR) is 106 cm³/mol. The molecule has 0 unspecified atom stereocenters. The predicted octanol–water partition coefficient (Wildman–Crippen LogP) is 1.98. The van der Waals surface area contributed by atoms with E-state index in [1.165, 1.54) is 0 Å². The van der Waals surface area contributed by atoms with Crippen molar-refractivity contribution in [1.29, 1.82) is 0 Å². The summed E-state index contributed by atoms with van der Waals surface area (Å²) in [5, 5.41) is 5.43. The molecular weight excluding hydrogens is 360 g/mol. The van der Waals surface area contributed by atoms with Crippen molar-refractivity contribution < 1.29 is 18.7 Å². The van der Waals surface area contributed by atoms with Gasteiger partial charge in [0.2, 0.25) is 5.91 Å². The van der Waals surface area contributed by atoms with Crippen LogP contribution in [0.5, 0.6) is 0 Å². The Kier molecular flexibility index (Phi) is 5.03. The third kappa shape index (κ3) is 3.72. The van der Waals surface area contributed by atoms with Crippen molar-refractivity contribution in [3.63, 3.8) is 0 Å². The minimum absolute atomic E-state index is 0.114. The molecule has 2 amide bonds. The van der Waals surface area contributed by atoms with Gasteiger partial charge in [0.1, 0.15) is 5.69 Å². The first-order valence-electron chi connectivity index (χ1n) is 9.15. The molecule has 1 aromatic carbocycles. The highest BCUT2D eigenvalue weighted by molar-refractivity contribution is 6.01. The normalized spacial score (nSPS) is 14.2. The Morgan fingerprint density at radius 3 is 2.57 bits per heavy atom. The van der Waals surface area contributed by atoms with Gasteiger partial charge in [0.15, 0.2) is 5.58 Å². The van der Waals surface area contributed by atoms with E-state index in [1.54, 1.807) is 30.0 Å². The molecule has 1 saturated heterocycles. The Morgan fingerprint density at radius 2 is 1.86 bits per heavy atom. The fourth-order valence-electron chi connectivity index (χ4n) is 3.30. The van der Waals surface area contributed by atoms with Crippen LogP contribution in [0.3, 0.4) is 0 Å². The molecule has 1 aliphatic rings. The lowest BCUT2D eigenvalue weighted by molar-refractivity contribution is -0.115. The first-order chi connectivity index (χ1) is 13.6. The number of aromatic nitrogens is 1. The number of hydrogen-bond donors (Lipinski definition) is 2. The molecule has 1 aliphatic heterocycles. The Balaban J connectivity index is 1.31. The smallest absolute Gasteiger partial charge is 0.268 e. The highest BCUT2D eigenvalue weighted by atomic mass is 16.5. The summed E-state index contributed by atoms with van der Waals surface area (Å²) in [5.74, 6) is -0.614. The van der Waals surface area contributed by atoms with Crippen LogP contribution < -0.4 is 15.5 Å². The summed E-state index contributed by atoms with van der Waals surface area (Å²) in [7, 11) is 1.78. The van der Waals surface area contributed by atoms with E-state index in [0.29, 0.717) is 17.0 Å². The maximum Gasteiger partial charge on any atom is 0.268 e. The second kappa shape index (κ2) is 7.77. The van der Waals surface area contributed by atoms with Gasteiger partial charge in [0, 0.05) is 43.6 Å². The number of anilines is 2. The lowest BCUT2D eigenvalue weighted by Gasteiger charge is -2.28. The molecule has 0 radical (unpaired) electrons. The maximum atomic E-state index is 12.3. The number of benzene rings is 1. The van der Waals surface area contributed by atoms with E-state index in [2.05, 4.69) is 15.5 Å². The van der Waals surface area contributed by atoms with Crippen LogP contribution >= 0.6 is 0 Å². The number of carbonyl (C=O) groups is 2. The summed E-state index contributed by atoms with van der Waals surface area (Å²) in [4.78, 5) is 26.7. The topological polar surface area (TPSA) is 88.7 Å². The number of ether oxygens (including phenoxy) is 1. The summed E-state index contributed by atoms with van der Waals surface area (Å²) in [6.07, 6.45) is 1.57. The summed E-state index contributed by atoms with van der Waals surface area (Å²) < 4.78 is 12.4. The number of fused-ring (bicyclic) bond motifs is 1. The van der Waals surface area contributed by atoms with Crippen molar-refractivity contribution in [3.05, 3.63) is 48.4 Å². The van der Waals surface area contributed by atoms with Crippen molar-refractivity contribution >= 4 is 34.3 Å². The lowest BCUT2D eigenvalue weighted by atomic mass is 10.2. The highest BCUT2D eigenvalue weighted by Crippen LogP contribution is 2.20. The second-order valence-corrected chi connectivity index (χ2v) is 6.64. The van der Waals surface area contributed by atoms with Gasteiger partial charge in [0.05, 0.1) is 31.5 Å². The zero-order valence-corrected chi connectivity index (χ0v) is 15.6.